The number of nitrogens with one attached hydrogen (secondary N) is 2. The van der Waals surface area contributed by atoms with Gasteiger partial charge in [-0.25, -0.2) is 10.8 Å². The molecule has 1 aliphatic rings. The van der Waals surface area contributed by atoms with Crippen molar-refractivity contribution in [3.8, 4) is 0 Å². The molecular formula is C11H17N5O3. The first-order valence-electron chi connectivity index (χ1n) is 5.89. The van der Waals surface area contributed by atoms with E-state index in [1.807, 2.05) is 0 Å². The van der Waals surface area contributed by atoms with Crippen molar-refractivity contribution in [2.75, 3.05) is 32.3 Å². The third-order valence-electron chi connectivity index (χ3n) is 3.09. The molecule has 1 atom stereocenters. The Bertz CT molecular complexity index is 448. The Kier molecular flexibility index (Phi) is 4.25. The maximum Gasteiger partial charge on any atom is 0.271 e. The van der Waals surface area contributed by atoms with Gasteiger partial charge in [0.25, 0.3) is 5.91 Å². The van der Waals surface area contributed by atoms with E-state index < -0.39 is 5.60 Å². The van der Waals surface area contributed by atoms with Crippen LogP contribution in [0.15, 0.2) is 12.4 Å². The van der Waals surface area contributed by atoms with E-state index in [9.17, 15) is 4.79 Å². The highest BCUT2D eigenvalue weighted by Crippen LogP contribution is 2.21. The molecule has 1 unspecified atom stereocenters. The van der Waals surface area contributed by atoms with Crippen molar-refractivity contribution >= 4 is 11.7 Å². The number of nitrogen functional groups attached to an aromatic ring is 1. The Labute approximate surface area is 110 Å². The van der Waals surface area contributed by atoms with E-state index in [1.165, 1.54) is 12.4 Å². The number of ether oxygens (including phenoxy) is 2. The van der Waals surface area contributed by atoms with E-state index in [2.05, 4.69) is 20.7 Å². The fourth-order valence-corrected chi connectivity index (χ4v) is 1.84. The van der Waals surface area contributed by atoms with Crippen LogP contribution in [0.2, 0.25) is 0 Å². The lowest BCUT2D eigenvalue weighted by Gasteiger charge is -2.25. The van der Waals surface area contributed by atoms with Crippen LogP contribution in [0.4, 0.5) is 5.82 Å². The number of rotatable bonds is 5. The molecule has 104 valence electrons. The SMILES string of the molecule is COC1(CNC(=O)c2cncc(NN)n2)CCOC1. The fourth-order valence-electron chi connectivity index (χ4n) is 1.84. The van der Waals surface area contributed by atoms with E-state index in [0.717, 1.165) is 6.42 Å². The molecule has 0 bridgehead atoms. The first-order valence-corrected chi connectivity index (χ1v) is 5.89. The average molecular weight is 267 g/mol. The second kappa shape index (κ2) is 5.91. The topological polar surface area (TPSA) is 111 Å². The third-order valence-corrected chi connectivity index (χ3v) is 3.09. The van der Waals surface area contributed by atoms with Crippen LogP contribution in [0.3, 0.4) is 0 Å². The minimum atomic E-state index is -0.452. The minimum absolute atomic E-state index is 0.195. The van der Waals surface area contributed by atoms with Gasteiger partial charge in [-0.1, -0.05) is 0 Å². The lowest BCUT2D eigenvalue weighted by molar-refractivity contribution is -0.0149. The molecule has 2 rings (SSSR count). The average Bonchev–Trinajstić information content (AvgIpc) is 2.94. The number of nitrogens with zero attached hydrogens (tertiary/aromatic N) is 2. The summed E-state index contributed by atoms with van der Waals surface area (Å²) in [4.78, 5) is 19.8. The number of nitrogens with two attached hydrogens (primary N) is 1. The Hall–Kier alpha value is -1.77. The highest BCUT2D eigenvalue weighted by atomic mass is 16.5. The summed E-state index contributed by atoms with van der Waals surface area (Å²) >= 11 is 0. The highest BCUT2D eigenvalue weighted by molar-refractivity contribution is 5.92. The molecule has 0 saturated carbocycles. The second-order valence-electron chi connectivity index (χ2n) is 4.31. The summed E-state index contributed by atoms with van der Waals surface area (Å²) in [6.07, 6.45) is 3.55. The van der Waals surface area contributed by atoms with Crippen LogP contribution in [0.25, 0.3) is 0 Å². The summed E-state index contributed by atoms with van der Waals surface area (Å²) in [5, 5.41) is 2.77. The normalized spacial score (nSPS) is 22.2. The summed E-state index contributed by atoms with van der Waals surface area (Å²) in [5.41, 5.74) is 2.08. The lowest BCUT2D eigenvalue weighted by Crippen LogP contribution is -2.45. The number of methoxy groups -OCH3 is 1. The quantitative estimate of drug-likeness (QED) is 0.477. The molecule has 0 aliphatic carbocycles. The van der Waals surface area contributed by atoms with Crippen molar-refractivity contribution in [3.63, 3.8) is 0 Å². The molecule has 8 heteroatoms. The highest BCUT2D eigenvalue weighted by Gasteiger charge is 2.35. The standard InChI is InChI=1S/C11H17N5O3/c1-18-11(2-3-19-7-11)6-14-10(17)8-4-13-5-9(15-8)16-12/h4-5H,2-3,6-7,12H2,1H3,(H,14,17)(H,15,16). The lowest BCUT2D eigenvalue weighted by atomic mass is 10.0. The first kappa shape index (κ1) is 13.7. The number of amides is 1. The maximum absolute atomic E-state index is 11.9. The van der Waals surface area contributed by atoms with E-state index >= 15 is 0 Å². The first-order chi connectivity index (χ1) is 9.19. The van der Waals surface area contributed by atoms with Crippen molar-refractivity contribution in [3.05, 3.63) is 18.1 Å². The van der Waals surface area contributed by atoms with Crippen LogP contribution >= 0.6 is 0 Å². The number of carbonyl (C=O) groups excluding carboxylic acids is 1. The van der Waals surface area contributed by atoms with Gasteiger partial charge in [0.05, 0.1) is 19.0 Å². The van der Waals surface area contributed by atoms with E-state index in [4.69, 9.17) is 15.3 Å². The number of carbonyl (C=O) groups is 1. The van der Waals surface area contributed by atoms with Gasteiger partial charge in [0, 0.05) is 26.7 Å². The van der Waals surface area contributed by atoms with Crippen molar-refractivity contribution in [1.29, 1.82) is 0 Å². The molecule has 0 spiro atoms. The Morgan fingerprint density at radius 1 is 1.63 bits per heavy atom. The van der Waals surface area contributed by atoms with Gasteiger partial charge < -0.3 is 20.2 Å². The summed E-state index contributed by atoms with van der Waals surface area (Å²) in [6, 6.07) is 0. The summed E-state index contributed by atoms with van der Waals surface area (Å²) < 4.78 is 10.7. The number of hydrogen-bond donors (Lipinski definition) is 3. The number of hydrogen-bond acceptors (Lipinski definition) is 7. The monoisotopic (exact) mass is 267 g/mol. The number of aromatic nitrogens is 2. The van der Waals surface area contributed by atoms with Crippen molar-refractivity contribution < 1.29 is 14.3 Å². The predicted molar refractivity (Wildman–Crippen MR) is 67.4 cm³/mol. The van der Waals surface area contributed by atoms with Crippen molar-refractivity contribution in [2.24, 2.45) is 5.84 Å². The van der Waals surface area contributed by atoms with Gasteiger partial charge in [-0.05, 0) is 0 Å². The smallest absolute Gasteiger partial charge is 0.271 e. The fraction of sp³-hybridized carbons (Fsp3) is 0.545. The van der Waals surface area contributed by atoms with Crippen LogP contribution in [0, 0.1) is 0 Å². The van der Waals surface area contributed by atoms with E-state index in [-0.39, 0.29) is 11.6 Å². The van der Waals surface area contributed by atoms with Crippen LogP contribution in [-0.4, -0.2) is 48.3 Å². The third kappa shape index (κ3) is 3.16. The molecular weight excluding hydrogens is 250 g/mol. The van der Waals surface area contributed by atoms with Crippen LogP contribution in [0.5, 0.6) is 0 Å². The molecule has 1 aromatic heterocycles. The molecule has 19 heavy (non-hydrogen) atoms. The van der Waals surface area contributed by atoms with Gasteiger partial charge in [-0.3, -0.25) is 9.78 Å². The van der Waals surface area contributed by atoms with Crippen LogP contribution in [-0.2, 0) is 9.47 Å². The molecule has 8 nitrogen and oxygen atoms in total. The zero-order valence-electron chi connectivity index (χ0n) is 10.7. The Morgan fingerprint density at radius 3 is 3.11 bits per heavy atom. The van der Waals surface area contributed by atoms with Crippen LogP contribution < -0.4 is 16.6 Å². The molecule has 1 saturated heterocycles. The Morgan fingerprint density at radius 2 is 2.47 bits per heavy atom. The second-order valence-corrected chi connectivity index (χ2v) is 4.31. The summed E-state index contributed by atoms with van der Waals surface area (Å²) in [6.45, 7) is 1.47. The van der Waals surface area contributed by atoms with Gasteiger partial charge >= 0.3 is 0 Å². The van der Waals surface area contributed by atoms with Gasteiger partial charge in [-0.15, -0.1) is 0 Å². The van der Waals surface area contributed by atoms with Gasteiger partial charge in [-0.2, -0.15) is 0 Å². The number of hydrazine groups is 1. The van der Waals surface area contributed by atoms with Gasteiger partial charge in [0.15, 0.2) is 5.82 Å². The molecule has 1 aliphatic heterocycles. The Balaban J connectivity index is 1.97. The van der Waals surface area contributed by atoms with Crippen LogP contribution in [0.1, 0.15) is 16.9 Å². The van der Waals surface area contributed by atoms with Crippen molar-refractivity contribution in [1.82, 2.24) is 15.3 Å². The summed E-state index contributed by atoms with van der Waals surface area (Å²) in [7, 11) is 1.61. The summed E-state index contributed by atoms with van der Waals surface area (Å²) in [5.74, 6) is 5.22. The largest absolute Gasteiger partial charge is 0.378 e. The van der Waals surface area contributed by atoms with E-state index in [0.29, 0.717) is 25.6 Å². The minimum Gasteiger partial charge on any atom is -0.378 e. The molecule has 2 heterocycles. The zero-order valence-corrected chi connectivity index (χ0v) is 10.7. The molecule has 1 fully saturated rings. The maximum atomic E-state index is 11.9. The molecule has 1 aromatic rings. The molecule has 1 amide bonds. The number of anilines is 1. The molecule has 4 N–H and O–H groups in total. The molecule has 0 aromatic carbocycles. The van der Waals surface area contributed by atoms with Gasteiger partial charge in [0.2, 0.25) is 0 Å². The van der Waals surface area contributed by atoms with E-state index in [1.54, 1.807) is 7.11 Å². The van der Waals surface area contributed by atoms with Crippen molar-refractivity contribution in [2.45, 2.75) is 12.0 Å². The van der Waals surface area contributed by atoms with Gasteiger partial charge in [0.1, 0.15) is 11.3 Å². The predicted octanol–water partition coefficient (Wildman–Crippen LogP) is -0.702. The molecule has 0 radical (unpaired) electrons. The zero-order chi connectivity index (χ0) is 13.7.